The summed E-state index contributed by atoms with van der Waals surface area (Å²) < 4.78 is 13.1. The highest BCUT2D eigenvalue weighted by Gasteiger charge is 2.36. The first-order valence-electron chi connectivity index (χ1n) is 26.2. The second kappa shape index (κ2) is 17.2. The van der Waals surface area contributed by atoms with Crippen LogP contribution in [-0.4, -0.2) is 0 Å². The molecule has 1 aliphatic rings. The van der Waals surface area contributed by atoms with Crippen LogP contribution in [0, 0.1) is 0 Å². The summed E-state index contributed by atoms with van der Waals surface area (Å²) in [6.45, 7) is 4.72. The SMILES string of the molecule is CC1(C)c2ccccc2-c2ccc(N(c3ccc(-c4cccc5cccc(-c6ccc7oc8cccc(-c9ccccc9)c8c7c6)c45)cc3)c3ccccc3-c3ccc4oc5cccc(-c6ccccc6)c5c4c3)cc21. The van der Waals surface area contributed by atoms with Gasteiger partial charge in [-0.05, 0) is 150 Å². The molecule has 0 aliphatic heterocycles. The first-order chi connectivity index (χ1) is 37.4. The van der Waals surface area contributed by atoms with Gasteiger partial charge in [-0.15, -0.1) is 0 Å². The van der Waals surface area contributed by atoms with Gasteiger partial charge >= 0.3 is 0 Å². The quantitative estimate of drug-likeness (QED) is 0.152. The Morgan fingerprint density at radius 3 is 1.36 bits per heavy atom. The fourth-order valence-corrected chi connectivity index (χ4v) is 12.5. The van der Waals surface area contributed by atoms with Gasteiger partial charge in [0, 0.05) is 43.9 Å². The summed E-state index contributed by atoms with van der Waals surface area (Å²) in [5.74, 6) is 0. The molecule has 0 atom stereocenters. The van der Waals surface area contributed by atoms with Crippen molar-refractivity contribution in [1.29, 1.82) is 0 Å². The molecule has 3 nitrogen and oxygen atoms in total. The molecular formula is C73H49NO2. The molecule has 0 N–H and O–H groups in total. The zero-order valence-corrected chi connectivity index (χ0v) is 42.1. The molecule has 358 valence electrons. The first-order valence-corrected chi connectivity index (χ1v) is 26.2. The van der Waals surface area contributed by atoms with Crippen LogP contribution in [0.4, 0.5) is 17.1 Å². The van der Waals surface area contributed by atoms with Crippen molar-refractivity contribution in [2.24, 2.45) is 0 Å². The highest BCUT2D eigenvalue weighted by molar-refractivity contribution is 6.16. The molecule has 2 aromatic heterocycles. The third-order valence-corrected chi connectivity index (χ3v) is 16.1. The lowest BCUT2D eigenvalue weighted by molar-refractivity contribution is 0.660. The molecule has 0 saturated heterocycles. The number of furan rings is 2. The van der Waals surface area contributed by atoms with Gasteiger partial charge < -0.3 is 13.7 Å². The van der Waals surface area contributed by atoms with E-state index in [-0.39, 0.29) is 5.41 Å². The lowest BCUT2D eigenvalue weighted by atomic mass is 9.82. The molecule has 0 saturated carbocycles. The van der Waals surface area contributed by atoms with Crippen molar-refractivity contribution in [3.63, 3.8) is 0 Å². The van der Waals surface area contributed by atoms with E-state index in [0.29, 0.717) is 0 Å². The molecular weight excluding hydrogens is 923 g/mol. The van der Waals surface area contributed by atoms with E-state index in [1.54, 1.807) is 0 Å². The average Bonchev–Trinajstić information content (AvgIpc) is 4.13. The molecule has 0 bridgehead atoms. The van der Waals surface area contributed by atoms with E-state index < -0.39 is 0 Å². The molecule has 0 radical (unpaired) electrons. The number of fused-ring (bicyclic) bond motifs is 10. The minimum Gasteiger partial charge on any atom is -0.456 e. The average molecular weight is 972 g/mol. The number of hydrogen-bond acceptors (Lipinski definition) is 3. The Morgan fingerprint density at radius 1 is 0.289 bits per heavy atom. The maximum Gasteiger partial charge on any atom is 0.136 e. The number of hydrogen-bond donors (Lipinski definition) is 0. The van der Waals surface area contributed by atoms with E-state index in [1.807, 2.05) is 0 Å². The van der Waals surface area contributed by atoms with Gasteiger partial charge in [-0.3, -0.25) is 0 Å². The Bertz CT molecular complexity index is 4590. The van der Waals surface area contributed by atoms with Crippen molar-refractivity contribution in [3.8, 4) is 66.8 Å². The summed E-state index contributed by atoms with van der Waals surface area (Å²) in [4.78, 5) is 2.45. The van der Waals surface area contributed by atoms with Gasteiger partial charge in [-0.25, -0.2) is 0 Å². The molecule has 15 rings (SSSR count). The molecule has 76 heavy (non-hydrogen) atoms. The summed E-state index contributed by atoms with van der Waals surface area (Å²) >= 11 is 0. The van der Waals surface area contributed by atoms with Crippen LogP contribution in [0.25, 0.3) is 121 Å². The van der Waals surface area contributed by atoms with Crippen LogP contribution < -0.4 is 4.90 Å². The smallest absolute Gasteiger partial charge is 0.136 e. The molecule has 14 aromatic rings. The molecule has 3 heteroatoms. The van der Waals surface area contributed by atoms with E-state index in [0.717, 1.165) is 88.8 Å². The van der Waals surface area contributed by atoms with Gasteiger partial charge in [-0.2, -0.15) is 0 Å². The lowest BCUT2D eigenvalue weighted by Crippen LogP contribution is -2.16. The monoisotopic (exact) mass is 971 g/mol. The van der Waals surface area contributed by atoms with Crippen LogP contribution >= 0.6 is 0 Å². The molecule has 1 aliphatic carbocycles. The second-order valence-electron chi connectivity index (χ2n) is 20.7. The number of anilines is 3. The second-order valence-corrected chi connectivity index (χ2v) is 20.7. The number of para-hydroxylation sites is 1. The van der Waals surface area contributed by atoms with Crippen LogP contribution in [0.2, 0.25) is 0 Å². The number of rotatable bonds is 8. The van der Waals surface area contributed by atoms with Crippen LogP contribution in [0.3, 0.4) is 0 Å². The summed E-state index contributed by atoms with van der Waals surface area (Å²) in [7, 11) is 0. The fraction of sp³-hybridized carbons (Fsp3) is 0.0411. The summed E-state index contributed by atoms with van der Waals surface area (Å²) in [6.07, 6.45) is 0. The van der Waals surface area contributed by atoms with Crippen LogP contribution in [0.5, 0.6) is 0 Å². The lowest BCUT2D eigenvalue weighted by Gasteiger charge is -2.30. The predicted molar refractivity (Wildman–Crippen MR) is 318 cm³/mol. The van der Waals surface area contributed by atoms with Gasteiger partial charge in [0.05, 0.1) is 5.69 Å². The van der Waals surface area contributed by atoms with Crippen LogP contribution in [-0.2, 0) is 5.41 Å². The normalized spacial score (nSPS) is 12.7. The predicted octanol–water partition coefficient (Wildman–Crippen LogP) is 20.7. The van der Waals surface area contributed by atoms with Crippen molar-refractivity contribution >= 4 is 71.7 Å². The Labute approximate surface area is 441 Å². The van der Waals surface area contributed by atoms with Crippen molar-refractivity contribution in [2.75, 3.05) is 4.90 Å². The van der Waals surface area contributed by atoms with Crippen LogP contribution in [0.1, 0.15) is 25.0 Å². The largest absolute Gasteiger partial charge is 0.456 e. The van der Waals surface area contributed by atoms with Crippen molar-refractivity contribution in [3.05, 3.63) is 272 Å². The van der Waals surface area contributed by atoms with Gasteiger partial charge in [0.15, 0.2) is 0 Å². The topological polar surface area (TPSA) is 29.5 Å². The molecule has 0 fully saturated rings. The molecule has 0 amide bonds. The molecule has 12 aromatic carbocycles. The Hall–Kier alpha value is -9.70. The maximum absolute atomic E-state index is 6.55. The van der Waals surface area contributed by atoms with Crippen molar-refractivity contribution in [1.82, 2.24) is 0 Å². The van der Waals surface area contributed by atoms with Gasteiger partial charge in [-0.1, -0.05) is 208 Å². The first kappa shape index (κ1) is 43.8. The summed E-state index contributed by atoms with van der Waals surface area (Å²) in [5.41, 5.74) is 23.5. The molecule has 2 heterocycles. The molecule has 0 unspecified atom stereocenters. The van der Waals surface area contributed by atoms with E-state index in [9.17, 15) is 0 Å². The van der Waals surface area contributed by atoms with Crippen molar-refractivity contribution in [2.45, 2.75) is 19.3 Å². The van der Waals surface area contributed by atoms with Gasteiger partial charge in [0.25, 0.3) is 0 Å². The highest BCUT2D eigenvalue weighted by Crippen LogP contribution is 2.52. The maximum atomic E-state index is 6.55. The fourth-order valence-electron chi connectivity index (χ4n) is 12.5. The number of benzene rings is 12. The summed E-state index contributed by atoms with van der Waals surface area (Å²) in [6, 6.07) is 94.7. The van der Waals surface area contributed by atoms with E-state index >= 15 is 0 Å². The Morgan fingerprint density at radius 2 is 0.737 bits per heavy atom. The van der Waals surface area contributed by atoms with Crippen molar-refractivity contribution < 1.29 is 8.83 Å². The standard InChI is InChI=1S/C73H49NO2/c1-73(2)63-29-11-9-24-59(63)60-40-39-53(45-64(60)73)74(65-30-12-10-23-54(65)50-35-41-66-61(43-50)71-56(27-15-31-68(71)75-66)46-17-5-3-6-18-46)52-37-33-48(34-38-52)55-25-13-21-49-22-14-26-58(70(49)55)51-36-42-67-62(44-51)72-57(28-16-32-69(72)76-67)47-19-7-4-8-20-47/h3-45H,1-2H3. The van der Waals surface area contributed by atoms with E-state index in [1.165, 1.54) is 60.8 Å². The van der Waals surface area contributed by atoms with Gasteiger partial charge in [0.1, 0.15) is 22.3 Å². The third kappa shape index (κ3) is 6.90. The Kier molecular flexibility index (Phi) is 9.92. The Balaban J connectivity index is 0.881. The van der Waals surface area contributed by atoms with E-state index in [4.69, 9.17) is 8.83 Å². The number of nitrogens with zero attached hydrogens (tertiary/aromatic N) is 1. The molecule has 0 spiro atoms. The zero-order valence-electron chi connectivity index (χ0n) is 42.1. The highest BCUT2D eigenvalue weighted by atomic mass is 16.3. The minimum absolute atomic E-state index is 0.174. The zero-order chi connectivity index (χ0) is 50.5. The van der Waals surface area contributed by atoms with Crippen LogP contribution in [0.15, 0.2) is 270 Å². The summed E-state index contributed by atoms with van der Waals surface area (Å²) in [5, 5.41) is 6.88. The van der Waals surface area contributed by atoms with Gasteiger partial charge in [0.2, 0.25) is 0 Å². The third-order valence-electron chi connectivity index (χ3n) is 16.1. The van der Waals surface area contributed by atoms with E-state index in [2.05, 4.69) is 280 Å². The minimum atomic E-state index is -0.174.